The first-order valence-corrected chi connectivity index (χ1v) is 13.0. The first-order chi connectivity index (χ1) is 17.3. The second-order valence-electron chi connectivity index (χ2n) is 7.63. The van der Waals surface area contributed by atoms with Gasteiger partial charge in [0.15, 0.2) is 18.1 Å². The first kappa shape index (κ1) is 26.1. The number of ether oxygens (including phenoxy) is 2. The third kappa shape index (κ3) is 6.40. The standard InChI is InChI=1S/C26H20ClIN2O5S/c1-34-21-12-17(11-20(28)24(21)35-15-23(31)29-19-8-3-2-4-9-19)13-22-25(32)30(26(33)36-22)14-16-6-5-7-18(27)10-16/h2-13H,14-15H2,1H3,(H,29,31)/b22-13-. The summed E-state index contributed by atoms with van der Waals surface area (Å²) in [5.74, 6) is 0.125. The molecule has 1 fully saturated rings. The number of rotatable bonds is 8. The maximum Gasteiger partial charge on any atom is 0.293 e. The summed E-state index contributed by atoms with van der Waals surface area (Å²) in [6.07, 6.45) is 1.64. The Morgan fingerprint density at radius 1 is 1.11 bits per heavy atom. The van der Waals surface area contributed by atoms with Crippen LogP contribution in [-0.4, -0.2) is 35.7 Å². The number of imide groups is 1. The van der Waals surface area contributed by atoms with Crippen molar-refractivity contribution < 1.29 is 23.9 Å². The monoisotopic (exact) mass is 634 g/mol. The van der Waals surface area contributed by atoms with Crippen LogP contribution in [0, 0.1) is 3.57 Å². The second kappa shape index (κ2) is 11.8. The van der Waals surface area contributed by atoms with Crippen LogP contribution < -0.4 is 14.8 Å². The normalized spacial score (nSPS) is 14.3. The molecule has 3 aromatic carbocycles. The zero-order valence-corrected chi connectivity index (χ0v) is 22.7. The average molecular weight is 635 g/mol. The molecular weight excluding hydrogens is 615 g/mol. The molecule has 1 saturated heterocycles. The summed E-state index contributed by atoms with van der Waals surface area (Å²) < 4.78 is 11.9. The Morgan fingerprint density at radius 3 is 2.61 bits per heavy atom. The summed E-state index contributed by atoms with van der Waals surface area (Å²) in [6.45, 7) is -0.0652. The molecule has 0 spiro atoms. The van der Waals surface area contributed by atoms with Gasteiger partial charge in [-0.1, -0.05) is 41.9 Å². The number of hydrogen-bond donors (Lipinski definition) is 1. The Hall–Kier alpha value is -3.02. The molecule has 1 heterocycles. The van der Waals surface area contributed by atoms with Crippen LogP contribution in [0.15, 0.2) is 71.6 Å². The lowest BCUT2D eigenvalue weighted by atomic mass is 10.1. The molecule has 1 N–H and O–H groups in total. The topological polar surface area (TPSA) is 84.9 Å². The summed E-state index contributed by atoms with van der Waals surface area (Å²) in [6, 6.07) is 19.6. The van der Waals surface area contributed by atoms with Gasteiger partial charge in [-0.15, -0.1) is 0 Å². The lowest BCUT2D eigenvalue weighted by molar-refractivity contribution is -0.123. The molecule has 0 atom stereocenters. The number of nitrogens with zero attached hydrogens (tertiary/aromatic N) is 1. The van der Waals surface area contributed by atoms with Crippen LogP contribution in [0.4, 0.5) is 10.5 Å². The van der Waals surface area contributed by atoms with Crippen LogP contribution in [0.2, 0.25) is 5.02 Å². The quantitative estimate of drug-likeness (QED) is 0.235. The third-order valence-electron chi connectivity index (χ3n) is 5.06. The van der Waals surface area contributed by atoms with E-state index in [-0.39, 0.29) is 30.2 Å². The zero-order valence-electron chi connectivity index (χ0n) is 19.0. The number of carbonyl (C=O) groups excluding carboxylic acids is 3. The number of thioether (sulfide) groups is 1. The SMILES string of the molecule is COc1cc(/C=C2\SC(=O)N(Cc3cccc(Cl)c3)C2=O)cc(I)c1OCC(=O)Nc1ccccc1. The smallest absolute Gasteiger partial charge is 0.293 e. The van der Waals surface area contributed by atoms with Crippen LogP contribution in [0.1, 0.15) is 11.1 Å². The number of methoxy groups -OCH3 is 1. The fraction of sp³-hybridized carbons (Fsp3) is 0.115. The van der Waals surface area contributed by atoms with Gasteiger partial charge < -0.3 is 14.8 Å². The number of amides is 3. The Bertz CT molecular complexity index is 1350. The Labute approximate surface area is 230 Å². The van der Waals surface area contributed by atoms with Gasteiger partial charge in [0.25, 0.3) is 17.1 Å². The van der Waals surface area contributed by atoms with Gasteiger partial charge >= 0.3 is 0 Å². The lowest BCUT2D eigenvalue weighted by Gasteiger charge is -2.14. The molecule has 184 valence electrons. The predicted octanol–water partition coefficient (Wildman–Crippen LogP) is 6.21. The van der Waals surface area contributed by atoms with Gasteiger partial charge in [0.2, 0.25) is 0 Å². The summed E-state index contributed by atoms with van der Waals surface area (Å²) in [5, 5.41) is 2.95. The number of para-hydroxylation sites is 1. The molecule has 3 amide bonds. The van der Waals surface area contributed by atoms with Crippen molar-refractivity contribution in [2.24, 2.45) is 0 Å². The summed E-state index contributed by atoms with van der Waals surface area (Å²) in [4.78, 5) is 39.2. The fourth-order valence-corrected chi connectivity index (χ4v) is 5.26. The summed E-state index contributed by atoms with van der Waals surface area (Å²) >= 11 is 8.97. The summed E-state index contributed by atoms with van der Waals surface area (Å²) in [7, 11) is 1.49. The lowest BCUT2D eigenvalue weighted by Crippen LogP contribution is -2.27. The highest BCUT2D eigenvalue weighted by Gasteiger charge is 2.35. The van der Waals surface area contributed by atoms with E-state index in [2.05, 4.69) is 27.9 Å². The Kier molecular flexibility index (Phi) is 8.55. The zero-order chi connectivity index (χ0) is 25.7. The molecule has 1 aliphatic rings. The van der Waals surface area contributed by atoms with Gasteiger partial charge in [-0.2, -0.15) is 0 Å². The van der Waals surface area contributed by atoms with Crippen LogP contribution >= 0.6 is 46.0 Å². The molecule has 0 aliphatic carbocycles. The minimum Gasteiger partial charge on any atom is -0.493 e. The first-order valence-electron chi connectivity index (χ1n) is 10.7. The molecule has 3 aromatic rings. The van der Waals surface area contributed by atoms with Crippen molar-refractivity contribution in [2.75, 3.05) is 19.0 Å². The van der Waals surface area contributed by atoms with E-state index in [9.17, 15) is 14.4 Å². The molecule has 36 heavy (non-hydrogen) atoms. The number of halogens is 2. The molecule has 0 unspecified atom stereocenters. The second-order valence-corrected chi connectivity index (χ2v) is 10.2. The van der Waals surface area contributed by atoms with Gasteiger partial charge in [-0.05, 0) is 88.0 Å². The van der Waals surface area contributed by atoms with Crippen LogP contribution in [0.5, 0.6) is 11.5 Å². The van der Waals surface area contributed by atoms with Crippen molar-refractivity contribution in [3.63, 3.8) is 0 Å². The van der Waals surface area contributed by atoms with E-state index in [1.807, 2.05) is 24.3 Å². The van der Waals surface area contributed by atoms with Crippen molar-refractivity contribution in [2.45, 2.75) is 6.54 Å². The molecule has 10 heteroatoms. The average Bonchev–Trinajstić information content (AvgIpc) is 3.11. The highest BCUT2D eigenvalue weighted by molar-refractivity contribution is 14.1. The van der Waals surface area contributed by atoms with E-state index in [1.54, 1.807) is 48.5 Å². The highest BCUT2D eigenvalue weighted by atomic mass is 127. The van der Waals surface area contributed by atoms with Gasteiger partial charge in [-0.25, -0.2) is 0 Å². The molecule has 0 aromatic heterocycles. The third-order valence-corrected chi connectivity index (χ3v) is 7.00. The fourth-order valence-electron chi connectivity index (χ4n) is 3.43. The van der Waals surface area contributed by atoms with Gasteiger partial charge in [-0.3, -0.25) is 19.3 Å². The van der Waals surface area contributed by atoms with Crippen molar-refractivity contribution in [1.82, 2.24) is 4.90 Å². The number of nitrogens with one attached hydrogen (secondary N) is 1. The van der Waals surface area contributed by atoms with E-state index >= 15 is 0 Å². The maximum absolute atomic E-state index is 12.9. The molecule has 0 saturated carbocycles. The van der Waals surface area contributed by atoms with E-state index in [4.69, 9.17) is 21.1 Å². The molecule has 0 bridgehead atoms. The minimum atomic E-state index is -0.378. The van der Waals surface area contributed by atoms with Crippen LogP contribution in [0.3, 0.4) is 0 Å². The van der Waals surface area contributed by atoms with E-state index in [0.717, 1.165) is 17.3 Å². The summed E-state index contributed by atoms with van der Waals surface area (Å²) in [5.41, 5.74) is 2.10. The van der Waals surface area contributed by atoms with Crippen molar-refractivity contribution in [1.29, 1.82) is 0 Å². The van der Waals surface area contributed by atoms with Crippen molar-refractivity contribution >= 4 is 74.8 Å². The molecular formula is C26H20ClIN2O5S. The Morgan fingerprint density at radius 2 is 1.89 bits per heavy atom. The molecule has 0 radical (unpaired) electrons. The minimum absolute atomic E-state index is 0.140. The maximum atomic E-state index is 12.9. The van der Waals surface area contributed by atoms with Crippen molar-refractivity contribution in [3.8, 4) is 11.5 Å². The van der Waals surface area contributed by atoms with E-state index < -0.39 is 0 Å². The van der Waals surface area contributed by atoms with Crippen LogP contribution in [0.25, 0.3) is 6.08 Å². The van der Waals surface area contributed by atoms with Gasteiger partial charge in [0, 0.05) is 10.7 Å². The van der Waals surface area contributed by atoms with Crippen LogP contribution in [-0.2, 0) is 16.1 Å². The van der Waals surface area contributed by atoms with Gasteiger partial charge in [0.05, 0.1) is 22.1 Å². The Balaban J connectivity index is 1.47. The van der Waals surface area contributed by atoms with E-state index in [0.29, 0.717) is 36.2 Å². The molecule has 1 aliphatic heterocycles. The molecule has 4 rings (SSSR count). The number of benzene rings is 3. The number of anilines is 1. The number of hydrogen-bond acceptors (Lipinski definition) is 6. The molecule has 7 nitrogen and oxygen atoms in total. The largest absolute Gasteiger partial charge is 0.493 e. The van der Waals surface area contributed by atoms with Crippen molar-refractivity contribution in [3.05, 3.63) is 91.4 Å². The highest BCUT2D eigenvalue weighted by Crippen LogP contribution is 2.37. The predicted molar refractivity (Wildman–Crippen MR) is 149 cm³/mol. The number of carbonyl (C=O) groups is 3. The van der Waals surface area contributed by atoms with Gasteiger partial charge in [0.1, 0.15) is 0 Å². The van der Waals surface area contributed by atoms with E-state index in [1.165, 1.54) is 12.0 Å².